The van der Waals surface area contributed by atoms with E-state index >= 15 is 0 Å². The molecule has 1 unspecified atom stereocenters. The van der Waals surface area contributed by atoms with Crippen LogP contribution in [0.2, 0.25) is 0 Å². The van der Waals surface area contributed by atoms with E-state index in [1.165, 1.54) is 19.4 Å². The lowest BCUT2D eigenvalue weighted by atomic mass is 9.98. The Bertz CT molecular complexity index is 828. The van der Waals surface area contributed by atoms with Gasteiger partial charge in [-0.05, 0) is 44.5 Å². The van der Waals surface area contributed by atoms with Gasteiger partial charge in [0.2, 0.25) is 0 Å². The molecule has 1 aliphatic rings. The zero-order valence-corrected chi connectivity index (χ0v) is 13.7. The summed E-state index contributed by atoms with van der Waals surface area (Å²) in [7, 11) is 4.30. The predicted octanol–water partition coefficient (Wildman–Crippen LogP) is 3.15. The van der Waals surface area contributed by atoms with Crippen molar-refractivity contribution in [3.63, 3.8) is 0 Å². The van der Waals surface area contributed by atoms with E-state index in [-0.39, 0.29) is 0 Å². The number of para-hydroxylation sites is 1. The Morgan fingerprint density at radius 3 is 3.04 bits per heavy atom. The molecule has 3 heterocycles. The van der Waals surface area contributed by atoms with Crippen LogP contribution in [0.3, 0.4) is 0 Å². The van der Waals surface area contributed by atoms with Gasteiger partial charge in [0.15, 0.2) is 11.4 Å². The monoisotopic (exact) mass is 310 g/mol. The van der Waals surface area contributed by atoms with E-state index < -0.39 is 0 Å². The second-order valence-corrected chi connectivity index (χ2v) is 6.62. The zero-order chi connectivity index (χ0) is 15.8. The van der Waals surface area contributed by atoms with Crippen LogP contribution >= 0.6 is 0 Å². The van der Waals surface area contributed by atoms with Gasteiger partial charge in [-0.3, -0.25) is 0 Å². The number of nitrogens with zero attached hydrogens (tertiary/aromatic N) is 4. The number of fused-ring (bicyclic) bond motifs is 3. The zero-order valence-electron chi connectivity index (χ0n) is 13.7. The summed E-state index contributed by atoms with van der Waals surface area (Å²) in [5, 5.41) is 1.05. The lowest BCUT2D eigenvalue weighted by Crippen LogP contribution is -2.38. The lowest BCUT2D eigenvalue weighted by Gasteiger charge is -2.32. The second-order valence-electron chi connectivity index (χ2n) is 6.62. The number of rotatable bonds is 3. The molecule has 23 heavy (non-hydrogen) atoms. The first-order valence-corrected chi connectivity index (χ1v) is 8.24. The number of benzene rings is 1. The van der Waals surface area contributed by atoms with Crippen molar-refractivity contribution in [1.29, 1.82) is 0 Å². The van der Waals surface area contributed by atoms with Crippen LogP contribution in [0.15, 0.2) is 35.0 Å². The van der Waals surface area contributed by atoms with Gasteiger partial charge in [-0.25, -0.2) is 9.97 Å². The number of hydrogen-bond acceptors (Lipinski definition) is 5. The van der Waals surface area contributed by atoms with E-state index in [1.807, 2.05) is 24.3 Å². The molecule has 4 rings (SSSR count). The first kappa shape index (κ1) is 14.5. The molecule has 5 nitrogen and oxygen atoms in total. The summed E-state index contributed by atoms with van der Waals surface area (Å²) in [6.07, 6.45) is 4.20. The highest BCUT2D eigenvalue weighted by Gasteiger charge is 2.21. The van der Waals surface area contributed by atoms with Crippen LogP contribution < -0.4 is 4.90 Å². The number of anilines is 1. The minimum Gasteiger partial charge on any atom is -0.450 e. The molecule has 2 aromatic heterocycles. The second kappa shape index (κ2) is 5.81. The van der Waals surface area contributed by atoms with Crippen LogP contribution in [0.4, 0.5) is 5.82 Å². The van der Waals surface area contributed by atoms with Crippen LogP contribution in [-0.4, -0.2) is 48.6 Å². The van der Waals surface area contributed by atoms with Crippen LogP contribution in [0.5, 0.6) is 0 Å². The Morgan fingerprint density at radius 1 is 1.30 bits per heavy atom. The van der Waals surface area contributed by atoms with Gasteiger partial charge < -0.3 is 14.2 Å². The quantitative estimate of drug-likeness (QED) is 0.743. The van der Waals surface area contributed by atoms with Gasteiger partial charge >= 0.3 is 0 Å². The van der Waals surface area contributed by atoms with Gasteiger partial charge in [-0.1, -0.05) is 12.1 Å². The van der Waals surface area contributed by atoms with Gasteiger partial charge in [-0.2, -0.15) is 0 Å². The highest BCUT2D eigenvalue weighted by atomic mass is 16.3. The third-order valence-corrected chi connectivity index (χ3v) is 4.75. The maximum absolute atomic E-state index is 6.04. The number of hydrogen-bond donors (Lipinski definition) is 0. The molecule has 1 saturated heterocycles. The maximum Gasteiger partial charge on any atom is 0.196 e. The van der Waals surface area contributed by atoms with Crippen molar-refractivity contribution >= 4 is 27.9 Å². The van der Waals surface area contributed by atoms with Gasteiger partial charge in [0.25, 0.3) is 0 Å². The SMILES string of the molecule is CN1CCCC(CN(C)c2ncnc3c2oc2ccccc23)C1. The average molecular weight is 310 g/mol. The van der Waals surface area contributed by atoms with Crippen LogP contribution in [0, 0.1) is 5.92 Å². The van der Waals surface area contributed by atoms with Crippen molar-refractivity contribution in [2.24, 2.45) is 5.92 Å². The molecule has 0 spiro atoms. The first-order chi connectivity index (χ1) is 11.2. The van der Waals surface area contributed by atoms with Crippen molar-refractivity contribution in [2.75, 3.05) is 38.6 Å². The summed E-state index contributed by atoms with van der Waals surface area (Å²) in [6.45, 7) is 3.35. The largest absolute Gasteiger partial charge is 0.450 e. The van der Waals surface area contributed by atoms with Crippen molar-refractivity contribution < 1.29 is 4.42 Å². The maximum atomic E-state index is 6.04. The van der Waals surface area contributed by atoms with Gasteiger partial charge in [-0.15, -0.1) is 0 Å². The van der Waals surface area contributed by atoms with E-state index in [1.54, 1.807) is 6.33 Å². The minimum absolute atomic E-state index is 0.674. The Morgan fingerprint density at radius 2 is 2.17 bits per heavy atom. The number of piperidine rings is 1. The molecule has 5 heteroatoms. The molecule has 1 aromatic carbocycles. The smallest absolute Gasteiger partial charge is 0.196 e. The molecule has 1 fully saturated rings. The van der Waals surface area contributed by atoms with Crippen molar-refractivity contribution in [3.05, 3.63) is 30.6 Å². The number of likely N-dealkylation sites (tertiary alicyclic amines) is 1. The molecule has 1 aliphatic heterocycles. The molecule has 0 saturated carbocycles. The molecular formula is C18H22N4O. The first-order valence-electron chi connectivity index (χ1n) is 8.24. The fourth-order valence-corrected chi connectivity index (χ4v) is 3.68. The molecule has 0 bridgehead atoms. The fourth-order valence-electron chi connectivity index (χ4n) is 3.68. The molecular weight excluding hydrogens is 288 g/mol. The van der Waals surface area contributed by atoms with Crippen molar-refractivity contribution in [2.45, 2.75) is 12.8 Å². The number of furan rings is 1. The van der Waals surface area contributed by atoms with Gasteiger partial charge in [0, 0.05) is 25.5 Å². The summed E-state index contributed by atoms with van der Waals surface area (Å²) in [4.78, 5) is 13.6. The van der Waals surface area contributed by atoms with E-state index in [0.29, 0.717) is 5.92 Å². The molecule has 0 aliphatic carbocycles. The van der Waals surface area contributed by atoms with Crippen molar-refractivity contribution in [1.82, 2.24) is 14.9 Å². The van der Waals surface area contributed by atoms with Gasteiger partial charge in [0.1, 0.15) is 17.4 Å². The van der Waals surface area contributed by atoms with E-state index in [2.05, 4.69) is 33.9 Å². The molecule has 1 atom stereocenters. The normalized spacial score (nSPS) is 19.5. The predicted molar refractivity (Wildman–Crippen MR) is 92.8 cm³/mol. The average Bonchev–Trinajstić information content (AvgIpc) is 2.93. The highest BCUT2D eigenvalue weighted by Crippen LogP contribution is 2.32. The minimum atomic E-state index is 0.674. The Balaban J connectivity index is 1.67. The standard InChI is InChI=1S/C18H22N4O/c1-21-9-5-6-13(10-21)11-22(2)18-17-16(19-12-20-18)14-7-3-4-8-15(14)23-17/h3-4,7-8,12-13H,5-6,9-11H2,1-2H3. The third kappa shape index (κ3) is 2.65. The summed E-state index contributed by atoms with van der Waals surface area (Å²) >= 11 is 0. The molecule has 0 amide bonds. The fraction of sp³-hybridized carbons (Fsp3) is 0.444. The van der Waals surface area contributed by atoms with E-state index in [9.17, 15) is 0 Å². The highest BCUT2D eigenvalue weighted by molar-refractivity contribution is 6.05. The number of aromatic nitrogens is 2. The van der Waals surface area contributed by atoms with Crippen molar-refractivity contribution in [3.8, 4) is 0 Å². The topological polar surface area (TPSA) is 45.4 Å². The third-order valence-electron chi connectivity index (χ3n) is 4.75. The summed E-state index contributed by atoms with van der Waals surface area (Å²) in [5.74, 6) is 1.56. The lowest BCUT2D eigenvalue weighted by molar-refractivity contribution is 0.213. The van der Waals surface area contributed by atoms with E-state index in [4.69, 9.17) is 4.42 Å². The Labute approximate surface area is 135 Å². The summed E-state index contributed by atoms with van der Waals surface area (Å²) < 4.78 is 6.04. The summed E-state index contributed by atoms with van der Waals surface area (Å²) in [5.41, 5.74) is 2.56. The molecule has 3 aromatic rings. The van der Waals surface area contributed by atoms with E-state index in [0.717, 1.165) is 41.0 Å². The van der Waals surface area contributed by atoms with Crippen LogP contribution in [0.25, 0.3) is 22.1 Å². The molecule has 120 valence electrons. The Hall–Kier alpha value is -2.14. The van der Waals surface area contributed by atoms with Crippen LogP contribution in [0.1, 0.15) is 12.8 Å². The summed E-state index contributed by atoms with van der Waals surface area (Å²) in [6, 6.07) is 8.03. The molecule has 0 N–H and O–H groups in total. The van der Waals surface area contributed by atoms with Crippen LogP contribution in [-0.2, 0) is 0 Å². The van der Waals surface area contributed by atoms with Gasteiger partial charge in [0.05, 0.1) is 0 Å². The molecule has 0 radical (unpaired) electrons. The Kier molecular flexibility index (Phi) is 3.65.